The van der Waals surface area contributed by atoms with Crippen molar-refractivity contribution in [3.8, 4) is 0 Å². The number of amidine groups is 1. The molecule has 104 valence electrons. The molecule has 1 saturated heterocycles. The van der Waals surface area contributed by atoms with E-state index in [-0.39, 0.29) is 5.56 Å². The lowest BCUT2D eigenvalue weighted by atomic mass is 10.1. The normalized spacial score (nSPS) is 19.0. The second-order valence-corrected chi connectivity index (χ2v) is 5.88. The number of nitrogens with zero attached hydrogens (tertiary/aromatic N) is 3. The maximum atomic E-state index is 12.0. The van der Waals surface area contributed by atoms with Crippen molar-refractivity contribution in [2.45, 2.75) is 6.42 Å². The molecule has 0 amide bonds. The van der Waals surface area contributed by atoms with Gasteiger partial charge in [-0.3, -0.25) is 9.79 Å². The summed E-state index contributed by atoms with van der Waals surface area (Å²) in [6.07, 6.45) is 2.29. The third-order valence-corrected chi connectivity index (χ3v) is 4.87. The van der Waals surface area contributed by atoms with E-state index in [1.54, 1.807) is 11.3 Å². The highest BCUT2D eigenvalue weighted by Crippen LogP contribution is 2.31. The van der Waals surface area contributed by atoms with Crippen molar-refractivity contribution in [1.82, 2.24) is 14.9 Å². The van der Waals surface area contributed by atoms with Crippen LogP contribution in [0.2, 0.25) is 0 Å². The van der Waals surface area contributed by atoms with Crippen LogP contribution in [-0.4, -0.2) is 53.6 Å². The first kappa shape index (κ1) is 12.0. The molecule has 4 heterocycles. The third kappa shape index (κ3) is 1.77. The first-order valence-corrected chi connectivity index (χ1v) is 7.53. The monoisotopic (exact) mass is 290 g/mol. The fourth-order valence-electron chi connectivity index (χ4n) is 2.78. The summed E-state index contributed by atoms with van der Waals surface area (Å²) in [6.45, 7) is 3.92. The number of thiophene rings is 1. The zero-order valence-electron chi connectivity index (χ0n) is 10.9. The number of hydrogen-bond donors (Lipinski definition) is 1. The highest BCUT2D eigenvalue weighted by molar-refractivity contribution is 7.20. The van der Waals surface area contributed by atoms with E-state index < -0.39 is 0 Å². The minimum Gasteiger partial charge on any atom is -0.378 e. The Morgan fingerprint density at radius 3 is 3.05 bits per heavy atom. The lowest BCUT2D eigenvalue weighted by Gasteiger charge is -2.31. The summed E-state index contributed by atoms with van der Waals surface area (Å²) in [5.41, 5.74) is 1.06. The molecule has 2 aliphatic rings. The predicted molar refractivity (Wildman–Crippen MR) is 77.7 cm³/mol. The third-order valence-electron chi connectivity index (χ3n) is 3.73. The van der Waals surface area contributed by atoms with Gasteiger partial charge in [-0.25, -0.2) is 4.98 Å². The number of H-pyrrole nitrogens is 1. The Morgan fingerprint density at radius 1 is 1.35 bits per heavy atom. The van der Waals surface area contributed by atoms with Crippen molar-refractivity contribution in [3.05, 3.63) is 27.1 Å². The van der Waals surface area contributed by atoms with Crippen LogP contribution in [0.25, 0.3) is 10.2 Å². The zero-order chi connectivity index (χ0) is 13.5. The van der Waals surface area contributed by atoms with E-state index in [1.165, 1.54) is 6.33 Å². The molecule has 4 rings (SSSR count). The van der Waals surface area contributed by atoms with Gasteiger partial charge in [-0.1, -0.05) is 0 Å². The smallest absolute Gasteiger partial charge is 0.259 e. The van der Waals surface area contributed by atoms with E-state index in [9.17, 15) is 4.79 Å². The lowest BCUT2D eigenvalue weighted by molar-refractivity contribution is 0.0681. The second-order valence-electron chi connectivity index (χ2n) is 4.88. The average molecular weight is 290 g/mol. The second kappa shape index (κ2) is 4.68. The fraction of sp³-hybridized carbons (Fsp3) is 0.462. The van der Waals surface area contributed by atoms with Crippen LogP contribution in [0.3, 0.4) is 0 Å². The molecule has 0 radical (unpaired) electrons. The molecule has 6 nitrogen and oxygen atoms in total. The summed E-state index contributed by atoms with van der Waals surface area (Å²) >= 11 is 1.57. The van der Waals surface area contributed by atoms with Crippen LogP contribution in [0.15, 0.2) is 16.1 Å². The van der Waals surface area contributed by atoms with Crippen molar-refractivity contribution < 1.29 is 4.74 Å². The van der Waals surface area contributed by atoms with Crippen LogP contribution < -0.4 is 5.56 Å². The Labute approximate surface area is 119 Å². The number of rotatable bonds is 0. The first-order valence-electron chi connectivity index (χ1n) is 6.71. The molecule has 0 bridgehead atoms. The summed E-state index contributed by atoms with van der Waals surface area (Å²) in [7, 11) is 0. The lowest BCUT2D eigenvalue weighted by Crippen LogP contribution is -2.42. The number of fused-ring (bicyclic) bond motifs is 3. The molecule has 1 fully saturated rings. The van der Waals surface area contributed by atoms with Gasteiger partial charge in [0.15, 0.2) is 0 Å². The van der Waals surface area contributed by atoms with Gasteiger partial charge >= 0.3 is 0 Å². The van der Waals surface area contributed by atoms with Crippen molar-refractivity contribution in [3.63, 3.8) is 0 Å². The molecule has 2 aromatic heterocycles. The van der Waals surface area contributed by atoms with Crippen LogP contribution in [0.4, 0.5) is 0 Å². The van der Waals surface area contributed by atoms with Gasteiger partial charge in [-0.05, 0) is 12.0 Å². The molecule has 0 unspecified atom stereocenters. The van der Waals surface area contributed by atoms with E-state index >= 15 is 0 Å². The van der Waals surface area contributed by atoms with E-state index in [1.807, 2.05) is 0 Å². The number of aliphatic imine (C=N–C) groups is 1. The van der Waals surface area contributed by atoms with Gasteiger partial charge in [0, 0.05) is 19.6 Å². The molecule has 1 N–H and O–H groups in total. The number of morpholine rings is 1. The molecular weight excluding hydrogens is 276 g/mol. The number of hydrogen-bond acceptors (Lipinski definition) is 6. The predicted octanol–water partition coefficient (Wildman–Crippen LogP) is 0.620. The molecule has 20 heavy (non-hydrogen) atoms. The molecule has 0 aliphatic carbocycles. The fourth-order valence-corrected chi connectivity index (χ4v) is 4.01. The van der Waals surface area contributed by atoms with Crippen LogP contribution in [-0.2, 0) is 11.2 Å². The zero-order valence-corrected chi connectivity index (χ0v) is 11.7. The molecule has 2 aromatic rings. The van der Waals surface area contributed by atoms with Crippen LogP contribution in [0, 0.1) is 0 Å². The maximum absolute atomic E-state index is 12.0. The summed E-state index contributed by atoms with van der Waals surface area (Å²) in [5, 5.41) is 0.744. The number of aromatic amines is 1. The maximum Gasteiger partial charge on any atom is 0.259 e. The standard InChI is InChI=1S/C13H14N4O2S/c18-12-9-8-1-2-14-11(17-3-5-19-6-4-17)10(8)20-13(9)16-7-15-12/h7H,1-6H2,(H,15,16,18). The van der Waals surface area contributed by atoms with Gasteiger partial charge in [-0.2, -0.15) is 0 Å². The van der Waals surface area contributed by atoms with E-state index in [4.69, 9.17) is 4.74 Å². The van der Waals surface area contributed by atoms with Gasteiger partial charge in [0.25, 0.3) is 5.56 Å². The summed E-state index contributed by atoms with van der Waals surface area (Å²) in [4.78, 5) is 27.8. The van der Waals surface area contributed by atoms with Crippen LogP contribution in [0.1, 0.15) is 10.4 Å². The largest absolute Gasteiger partial charge is 0.378 e. The van der Waals surface area contributed by atoms with Gasteiger partial charge in [0.1, 0.15) is 10.7 Å². The summed E-state index contributed by atoms with van der Waals surface area (Å²) in [6, 6.07) is 0. The Kier molecular flexibility index (Phi) is 2.82. The summed E-state index contributed by atoms with van der Waals surface area (Å²) in [5.74, 6) is 1.01. The molecule has 0 aromatic carbocycles. The van der Waals surface area contributed by atoms with E-state index in [0.29, 0.717) is 0 Å². The quantitative estimate of drug-likeness (QED) is 0.772. The minimum atomic E-state index is -0.0456. The summed E-state index contributed by atoms with van der Waals surface area (Å²) < 4.78 is 5.40. The first-order chi connectivity index (χ1) is 9.84. The average Bonchev–Trinajstić information content (AvgIpc) is 2.88. The molecule has 7 heteroatoms. The minimum absolute atomic E-state index is 0.0456. The highest BCUT2D eigenvalue weighted by Gasteiger charge is 2.26. The highest BCUT2D eigenvalue weighted by atomic mass is 32.1. The van der Waals surface area contributed by atoms with Crippen molar-refractivity contribution in [2.75, 3.05) is 32.8 Å². The topological polar surface area (TPSA) is 70.6 Å². The molecule has 0 atom stereocenters. The molecular formula is C13H14N4O2S. The number of aromatic nitrogens is 2. The van der Waals surface area contributed by atoms with Crippen LogP contribution in [0.5, 0.6) is 0 Å². The molecule has 0 spiro atoms. The van der Waals surface area contributed by atoms with E-state index in [2.05, 4.69) is 19.9 Å². The van der Waals surface area contributed by atoms with Gasteiger partial charge in [0.05, 0.1) is 29.8 Å². The van der Waals surface area contributed by atoms with Gasteiger partial charge < -0.3 is 14.6 Å². The number of nitrogens with one attached hydrogen (secondary N) is 1. The molecule has 2 aliphatic heterocycles. The van der Waals surface area contributed by atoms with Gasteiger partial charge in [-0.15, -0.1) is 11.3 Å². The van der Waals surface area contributed by atoms with E-state index in [0.717, 1.165) is 65.8 Å². The van der Waals surface area contributed by atoms with Crippen molar-refractivity contribution in [1.29, 1.82) is 0 Å². The SMILES string of the molecule is O=c1[nH]cnc2sc3c(c12)CCN=C3N1CCOCC1. The van der Waals surface area contributed by atoms with Crippen molar-refractivity contribution >= 4 is 27.4 Å². The van der Waals surface area contributed by atoms with Crippen molar-refractivity contribution in [2.24, 2.45) is 4.99 Å². The Balaban J connectivity index is 1.86. The Morgan fingerprint density at radius 2 is 2.20 bits per heavy atom. The number of ether oxygens (including phenoxy) is 1. The van der Waals surface area contributed by atoms with Gasteiger partial charge in [0.2, 0.25) is 0 Å². The molecule has 0 saturated carbocycles. The Bertz CT molecular complexity index is 742. The Hall–Kier alpha value is -1.73. The van der Waals surface area contributed by atoms with Crippen LogP contribution >= 0.6 is 11.3 Å².